The summed E-state index contributed by atoms with van der Waals surface area (Å²) in [5.74, 6) is -1.18. The van der Waals surface area contributed by atoms with E-state index in [0.717, 1.165) is 64.2 Å². The molecule has 0 rings (SSSR count). The van der Waals surface area contributed by atoms with Gasteiger partial charge >= 0.3 is 19.8 Å². The molecular formula is C47H69O9P. The molecule has 0 radical (unpaired) electrons. The van der Waals surface area contributed by atoms with Gasteiger partial charge in [0.05, 0.1) is 12.7 Å². The molecule has 0 bridgehead atoms. The van der Waals surface area contributed by atoms with Crippen molar-refractivity contribution in [2.24, 2.45) is 0 Å². The Labute approximate surface area is 343 Å². The van der Waals surface area contributed by atoms with Crippen molar-refractivity contribution < 1.29 is 43.0 Å². The maximum Gasteiger partial charge on any atom is 0.469 e. The molecule has 9 nitrogen and oxygen atoms in total. The zero-order valence-electron chi connectivity index (χ0n) is 34.3. The first-order chi connectivity index (χ1) is 27.7. The van der Waals surface area contributed by atoms with Gasteiger partial charge in [-0.05, 0) is 83.5 Å². The Kier molecular flexibility index (Phi) is 37.2. The topological polar surface area (TPSA) is 140 Å². The summed E-state index contributed by atoms with van der Waals surface area (Å²) in [5.41, 5.74) is 0. The smallest absolute Gasteiger partial charge is 0.462 e. The second-order valence-electron chi connectivity index (χ2n) is 12.7. The molecule has 0 aliphatic carbocycles. The minimum Gasteiger partial charge on any atom is -0.462 e. The van der Waals surface area contributed by atoms with Crippen LogP contribution < -0.4 is 0 Å². The van der Waals surface area contributed by atoms with Crippen molar-refractivity contribution in [1.82, 2.24) is 0 Å². The van der Waals surface area contributed by atoms with Gasteiger partial charge in [0.1, 0.15) is 6.61 Å². The Morgan fingerprint density at radius 2 is 0.930 bits per heavy atom. The predicted octanol–water partition coefficient (Wildman–Crippen LogP) is 11.5. The summed E-state index contributed by atoms with van der Waals surface area (Å²) in [6.07, 6.45) is 57.5. The Bertz CT molecular complexity index is 1430. The molecule has 0 spiro atoms. The SMILES string of the molecule is CC/C=C\C/C=C\C/C=C\C/C=C\C=C/C(O)C/C=C\CCC(=O)OC[C@H](COP(=O)(O)O)OC(=O)CC/C=C\C/C=C\C/C=C\C/C=C\C/C=C\C/C=C\CC. The van der Waals surface area contributed by atoms with Gasteiger partial charge in [-0.1, -0.05) is 160 Å². The third kappa shape index (κ3) is 42.9. The Hall–Kier alpha value is -4.11. The van der Waals surface area contributed by atoms with Gasteiger partial charge in [0, 0.05) is 12.8 Å². The van der Waals surface area contributed by atoms with E-state index in [9.17, 15) is 19.3 Å². The Morgan fingerprint density at radius 3 is 1.39 bits per heavy atom. The summed E-state index contributed by atoms with van der Waals surface area (Å²) in [6.45, 7) is 3.21. The molecule has 0 aromatic carbocycles. The molecule has 57 heavy (non-hydrogen) atoms. The summed E-state index contributed by atoms with van der Waals surface area (Å²) < 4.78 is 26.2. The van der Waals surface area contributed by atoms with E-state index in [1.807, 2.05) is 30.4 Å². The highest BCUT2D eigenvalue weighted by molar-refractivity contribution is 7.46. The predicted molar refractivity (Wildman–Crippen MR) is 235 cm³/mol. The number of aliphatic hydroxyl groups excluding tert-OH is 1. The van der Waals surface area contributed by atoms with E-state index in [2.05, 4.69) is 110 Å². The van der Waals surface area contributed by atoms with Crippen LogP contribution in [0.15, 0.2) is 146 Å². The van der Waals surface area contributed by atoms with Crippen LogP contribution in [0.3, 0.4) is 0 Å². The van der Waals surface area contributed by atoms with Crippen LogP contribution in [0.4, 0.5) is 0 Å². The number of rotatable bonds is 34. The average molecular weight is 809 g/mol. The van der Waals surface area contributed by atoms with Crippen LogP contribution in [0.1, 0.15) is 110 Å². The van der Waals surface area contributed by atoms with E-state index in [0.29, 0.717) is 19.3 Å². The van der Waals surface area contributed by atoms with Gasteiger partial charge in [-0.3, -0.25) is 14.1 Å². The van der Waals surface area contributed by atoms with E-state index in [1.165, 1.54) is 0 Å². The minimum atomic E-state index is -4.83. The number of hydrogen-bond acceptors (Lipinski definition) is 7. The number of carbonyl (C=O) groups is 2. The fourth-order valence-electron chi connectivity index (χ4n) is 4.51. The lowest BCUT2D eigenvalue weighted by Crippen LogP contribution is -2.29. The van der Waals surface area contributed by atoms with Crippen LogP contribution in [0.5, 0.6) is 0 Å². The summed E-state index contributed by atoms with van der Waals surface area (Å²) >= 11 is 0. The number of allylic oxidation sites excluding steroid dienone is 22. The molecule has 1 unspecified atom stereocenters. The number of phosphoric acid groups is 1. The molecule has 0 fully saturated rings. The fraction of sp³-hybridized carbons (Fsp3) is 0.447. The molecule has 0 saturated heterocycles. The van der Waals surface area contributed by atoms with E-state index < -0.39 is 45.2 Å². The number of aliphatic hydroxyl groups is 1. The number of phosphoric ester groups is 1. The average Bonchev–Trinajstić information content (AvgIpc) is 3.18. The fourth-order valence-corrected chi connectivity index (χ4v) is 4.87. The van der Waals surface area contributed by atoms with Gasteiger partial charge in [-0.2, -0.15) is 0 Å². The maximum absolute atomic E-state index is 12.4. The summed E-state index contributed by atoms with van der Waals surface area (Å²) in [7, 11) is -4.83. The monoisotopic (exact) mass is 808 g/mol. The van der Waals surface area contributed by atoms with Crippen molar-refractivity contribution in [3.8, 4) is 0 Å². The number of esters is 2. The Morgan fingerprint density at radius 1 is 0.526 bits per heavy atom. The van der Waals surface area contributed by atoms with Crippen molar-refractivity contribution in [3.63, 3.8) is 0 Å². The molecule has 10 heteroatoms. The van der Waals surface area contributed by atoms with Crippen LogP contribution in [-0.4, -0.2) is 52.3 Å². The van der Waals surface area contributed by atoms with Gasteiger partial charge in [-0.25, -0.2) is 4.57 Å². The lowest BCUT2D eigenvalue weighted by Gasteiger charge is -2.18. The van der Waals surface area contributed by atoms with Crippen LogP contribution in [0.2, 0.25) is 0 Å². The molecule has 0 amide bonds. The Balaban J connectivity index is 4.32. The first-order valence-electron chi connectivity index (χ1n) is 20.2. The summed E-state index contributed by atoms with van der Waals surface area (Å²) in [5, 5.41) is 10.1. The highest BCUT2D eigenvalue weighted by atomic mass is 31.2. The van der Waals surface area contributed by atoms with Crippen molar-refractivity contribution in [2.45, 2.75) is 122 Å². The highest BCUT2D eigenvalue weighted by Gasteiger charge is 2.22. The van der Waals surface area contributed by atoms with Gasteiger partial charge in [0.15, 0.2) is 6.10 Å². The normalized spacial score (nSPS) is 14.5. The third-order valence-corrected chi connectivity index (χ3v) is 7.95. The number of carbonyl (C=O) groups excluding carboxylic acids is 2. The summed E-state index contributed by atoms with van der Waals surface area (Å²) in [6, 6.07) is 0. The van der Waals surface area contributed by atoms with E-state index >= 15 is 0 Å². The van der Waals surface area contributed by atoms with E-state index in [-0.39, 0.29) is 12.8 Å². The van der Waals surface area contributed by atoms with Gasteiger partial charge < -0.3 is 24.4 Å². The van der Waals surface area contributed by atoms with Gasteiger partial charge in [0.25, 0.3) is 0 Å². The second kappa shape index (κ2) is 40.1. The molecule has 2 atom stereocenters. The number of hydrogen-bond donors (Lipinski definition) is 3. The standard InChI is InChI=1S/C47H69O9P/c1-3-5-7-9-11-13-15-17-18-19-20-21-22-24-26-28-30-32-36-41-47(50)56-45(43-55-57(51,52)53)42-54-46(49)40-37-33-35-39-44(48)38-34-31-29-27-25-23-16-14-12-10-8-6-4-2/h5-8,11-14,17-18,20-21,23-26,29-35,38,44-45,48H,3-4,9-10,15-16,19,22,27-28,36-37,39-43H2,1-2H3,(H2,51,52,53)/b7-5-,8-6-,13-11-,14-12-,18-17-,21-20-,25-23-,26-24-,31-29-,32-30-,35-33-,38-34-/t44?,45-/m1/s1. The zero-order chi connectivity index (χ0) is 41.9. The lowest BCUT2D eigenvalue weighted by molar-refractivity contribution is -0.161. The first kappa shape index (κ1) is 52.9. The van der Waals surface area contributed by atoms with Crippen molar-refractivity contribution in [2.75, 3.05) is 13.2 Å². The highest BCUT2D eigenvalue weighted by Crippen LogP contribution is 2.35. The summed E-state index contributed by atoms with van der Waals surface area (Å²) in [4.78, 5) is 42.8. The van der Waals surface area contributed by atoms with E-state index in [4.69, 9.17) is 19.3 Å². The number of ether oxygens (including phenoxy) is 2. The molecule has 0 aromatic rings. The molecule has 0 saturated carbocycles. The maximum atomic E-state index is 12.4. The van der Waals surface area contributed by atoms with Gasteiger partial charge in [-0.15, -0.1) is 0 Å². The quantitative estimate of drug-likeness (QED) is 0.0251. The zero-order valence-corrected chi connectivity index (χ0v) is 35.2. The second-order valence-corrected chi connectivity index (χ2v) is 13.9. The largest absolute Gasteiger partial charge is 0.469 e. The molecule has 0 aromatic heterocycles. The lowest BCUT2D eigenvalue weighted by atomic mass is 10.2. The molecule has 0 aliphatic rings. The molecule has 316 valence electrons. The molecular weight excluding hydrogens is 739 g/mol. The van der Waals surface area contributed by atoms with Crippen molar-refractivity contribution in [3.05, 3.63) is 146 Å². The van der Waals surface area contributed by atoms with Gasteiger partial charge in [0.2, 0.25) is 0 Å². The van der Waals surface area contributed by atoms with Crippen LogP contribution in [0, 0.1) is 0 Å². The van der Waals surface area contributed by atoms with Crippen LogP contribution in [0.25, 0.3) is 0 Å². The van der Waals surface area contributed by atoms with Crippen LogP contribution >= 0.6 is 7.82 Å². The molecule has 3 N–H and O–H groups in total. The first-order valence-corrected chi connectivity index (χ1v) is 21.8. The molecule has 0 heterocycles. The van der Waals surface area contributed by atoms with Crippen molar-refractivity contribution >= 4 is 19.8 Å². The van der Waals surface area contributed by atoms with Crippen LogP contribution in [-0.2, 0) is 28.2 Å². The molecule has 0 aliphatic heterocycles. The van der Waals surface area contributed by atoms with E-state index in [1.54, 1.807) is 24.3 Å². The third-order valence-electron chi connectivity index (χ3n) is 7.46. The van der Waals surface area contributed by atoms with Crippen molar-refractivity contribution in [1.29, 1.82) is 0 Å². The minimum absolute atomic E-state index is 0.0348.